The number of nitrogens with one attached hydrogen (secondary N) is 2. The van der Waals surface area contributed by atoms with Crippen LogP contribution in [0.4, 0.5) is 11.5 Å². The lowest BCUT2D eigenvalue weighted by atomic mass is 10.1. The van der Waals surface area contributed by atoms with Crippen LogP contribution in [-0.4, -0.2) is 25.4 Å². The van der Waals surface area contributed by atoms with E-state index in [1.54, 1.807) is 6.33 Å². The molecular formula is C17H20N6O. The Labute approximate surface area is 140 Å². The van der Waals surface area contributed by atoms with Crippen LogP contribution in [0.1, 0.15) is 19.4 Å². The van der Waals surface area contributed by atoms with E-state index in [0.29, 0.717) is 12.4 Å². The Kier molecular flexibility index (Phi) is 4.41. The van der Waals surface area contributed by atoms with Crippen molar-refractivity contribution in [2.24, 2.45) is 13.0 Å². The minimum Gasteiger partial charge on any atom is -0.364 e. The van der Waals surface area contributed by atoms with Gasteiger partial charge in [0, 0.05) is 25.2 Å². The second-order valence-corrected chi connectivity index (χ2v) is 5.94. The van der Waals surface area contributed by atoms with Crippen LogP contribution in [-0.2, 0) is 18.4 Å². The van der Waals surface area contributed by atoms with Gasteiger partial charge >= 0.3 is 0 Å². The number of carbonyl (C=O) groups excluding carboxylic acids is 1. The van der Waals surface area contributed by atoms with Crippen LogP contribution in [0.2, 0.25) is 0 Å². The van der Waals surface area contributed by atoms with Crippen LogP contribution in [0.15, 0.2) is 36.9 Å². The van der Waals surface area contributed by atoms with Gasteiger partial charge in [-0.3, -0.25) is 4.79 Å². The number of amides is 1. The Morgan fingerprint density at radius 3 is 2.62 bits per heavy atom. The maximum atomic E-state index is 11.7. The van der Waals surface area contributed by atoms with E-state index < -0.39 is 0 Å². The summed E-state index contributed by atoms with van der Waals surface area (Å²) in [6.45, 7) is 4.35. The molecule has 124 valence electrons. The minimum atomic E-state index is -0.0371. The van der Waals surface area contributed by atoms with Crippen LogP contribution >= 0.6 is 0 Å². The molecule has 0 aliphatic heterocycles. The summed E-state index contributed by atoms with van der Waals surface area (Å²) in [5.41, 5.74) is 3.42. The van der Waals surface area contributed by atoms with Gasteiger partial charge in [-0.15, -0.1) is 0 Å². The van der Waals surface area contributed by atoms with Gasteiger partial charge in [0.25, 0.3) is 0 Å². The van der Waals surface area contributed by atoms with Gasteiger partial charge in [0.05, 0.1) is 6.33 Å². The Balaban J connectivity index is 1.67. The van der Waals surface area contributed by atoms with Gasteiger partial charge < -0.3 is 15.2 Å². The molecule has 1 aromatic carbocycles. The number of aryl methyl sites for hydroxylation is 1. The van der Waals surface area contributed by atoms with E-state index >= 15 is 0 Å². The molecule has 0 fully saturated rings. The third kappa shape index (κ3) is 3.34. The Bertz CT molecular complexity index is 853. The quantitative estimate of drug-likeness (QED) is 0.753. The largest absolute Gasteiger partial charge is 0.364 e. The first-order chi connectivity index (χ1) is 11.5. The highest BCUT2D eigenvalue weighted by atomic mass is 16.1. The van der Waals surface area contributed by atoms with Crippen molar-refractivity contribution in [2.45, 2.75) is 20.4 Å². The molecule has 3 rings (SSSR count). The highest BCUT2D eigenvalue weighted by molar-refractivity contribution is 5.92. The zero-order chi connectivity index (χ0) is 17.1. The molecule has 1 amide bonds. The third-order valence-corrected chi connectivity index (χ3v) is 3.70. The second-order valence-electron chi connectivity index (χ2n) is 5.94. The molecule has 0 aliphatic rings. The van der Waals surface area contributed by atoms with Crippen LogP contribution in [0.25, 0.3) is 11.2 Å². The standard InChI is InChI=1S/C17H20N6O/c1-11(2)17(24)22-13-6-4-12(5-7-13)8-18-15-14-16(20-9-19-15)23(3)10-21-14/h4-7,9-11H,8H2,1-3H3,(H,22,24)(H,18,19,20). The lowest BCUT2D eigenvalue weighted by Gasteiger charge is -2.09. The van der Waals surface area contributed by atoms with Gasteiger partial charge in [0.2, 0.25) is 5.91 Å². The van der Waals surface area contributed by atoms with Crippen molar-refractivity contribution in [3.8, 4) is 0 Å². The van der Waals surface area contributed by atoms with Crippen molar-refractivity contribution in [3.63, 3.8) is 0 Å². The number of hydrogen-bond donors (Lipinski definition) is 2. The van der Waals surface area contributed by atoms with E-state index in [2.05, 4.69) is 25.6 Å². The van der Waals surface area contributed by atoms with Crippen molar-refractivity contribution in [3.05, 3.63) is 42.5 Å². The smallest absolute Gasteiger partial charge is 0.226 e. The predicted octanol–water partition coefficient (Wildman–Crippen LogP) is 2.57. The lowest BCUT2D eigenvalue weighted by molar-refractivity contribution is -0.118. The van der Waals surface area contributed by atoms with Crippen molar-refractivity contribution in [1.82, 2.24) is 19.5 Å². The number of fused-ring (bicyclic) bond motifs is 1. The molecule has 3 aromatic rings. The molecule has 0 spiro atoms. The third-order valence-electron chi connectivity index (χ3n) is 3.70. The number of carbonyl (C=O) groups is 1. The van der Waals surface area contributed by atoms with Crippen molar-refractivity contribution in [2.75, 3.05) is 10.6 Å². The number of imidazole rings is 1. The van der Waals surface area contributed by atoms with Gasteiger partial charge in [-0.05, 0) is 17.7 Å². The molecule has 0 unspecified atom stereocenters. The first-order valence-corrected chi connectivity index (χ1v) is 7.80. The van der Waals surface area contributed by atoms with Gasteiger partial charge in [-0.2, -0.15) is 0 Å². The molecule has 0 bridgehead atoms. The summed E-state index contributed by atoms with van der Waals surface area (Å²) in [7, 11) is 1.90. The van der Waals surface area contributed by atoms with Crippen molar-refractivity contribution < 1.29 is 4.79 Å². The highest BCUT2D eigenvalue weighted by Crippen LogP contribution is 2.18. The molecule has 0 saturated carbocycles. The average Bonchev–Trinajstić information content (AvgIpc) is 2.96. The molecular weight excluding hydrogens is 304 g/mol. The number of hydrogen-bond acceptors (Lipinski definition) is 5. The summed E-state index contributed by atoms with van der Waals surface area (Å²) in [6, 6.07) is 7.74. The predicted molar refractivity (Wildman–Crippen MR) is 93.5 cm³/mol. The number of anilines is 2. The number of benzene rings is 1. The maximum Gasteiger partial charge on any atom is 0.226 e. The van der Waals surface area contributed by atoms with Crippen LogP contribution < -0.4 is 10.6 Å². The van der Waals surface area contributed by atoms with E-state index in [-0.39, 0.29) is 11.8 Å². The minimum absolute atomic E-state index is 0.0133. The van der Waals surface area contributed by atoms with Crippen molar-refractivity contribution in [1.29, 1.82) is 0 Å². The zero-order valence-corrected chi connectivity index (χ0v) is 13.9. The summed E-state index contributed by atoms with van der Waals surface area (Å²) in [5.74, 6) is 0.682. The summed E-state index contributed by atoms with van der Waals surface area (Å²) in [5, 5.41) is 6.16. The zero-order valence-electron chi connectivity index (χ0n) is 13.9. The normalized spacial score (nSPS) is 11.0. The lowest BCUT2D eigenvalue weighted by Crippen LogP contribution is -2.17. The van der Waals surface area contributed by atoms with E-state index in [1.165, 1.54) is 6.33 Å². The molecule has 2 N–H and O–H groups in total. The van der Waals surface area contributed by atoms with Crippen LogP contribution in [0.3, 0.4) is 0 Å². The number of rotatable bonds is 5. The maximum absolute atomic E-state index is 11.7. The van der Waals surface area contributed by atoms with E-state index in [1.807, 2.05) is 49.7 Å². The molecule has 0 radical (unpaired) electrons. The van der Waals surface area contributed by atoms with Gasteiger partial charge in [-0.1, -0.05) is 26.0 Å². The fourth-order valence-electron chi connectivity index (χ4n) is 2.25. The topological polar surface area (TPSA) is 84.7 Å². The van der Waals surface area contributed by atoms with E-state index in [9.17, 15) is 4.79 Å². The summed E-state index contributed by atoms with van der Waals surface area (Å²) < 4.78 is 1.86. The molecule has 7 heteroatoms. The Morgan fingerprint density at radius 2 is 1.92 bits per heavy atom. The van der Waals surface area contributed by atoms with Crippen LogP contribution in [0, 0.1) is 5.92 Å². The number of aromatic nitrogens is 4. The van der Waals surface area contributed by atoms with E-state index in [4.69, 9.17) is 0 Å². The average molecular weight is 324 g/mol. The molecule has 0 saturated heterocycles. The highest BCUT2D eigenvalue weighted by Gasteiger charge is 2.09. The molecule has 2 aromatic heterocycles. The monoisotopic (exact) mass is 324 g/mol. The second kappa shape index (κ2) is 6.66. The Morgan fingerprint density at radius 1 is 1.17 bits per heavy atom. The SMILES string of the molecule is CC(C)C(=O)Nc1ccc(CNc2ncnc3c2ncn3C)cc1. The summed E-state index contributed by atoms with van der Waals surface area (Å²) >= 11 is 0. The summed E-state index contributed by atoms with van der Waals surface area (Å²) in [6.07, 6.45) is 3.24. The van der Waals surface area contributed by atoms with E-state index in [0.717, 1.165) is 22.4 Å². The first kappa shape index (κ1) is 15.9. The fourth-order valence-corrected chi connectivity index (χ4v) is 2.25. The van der Waals surface area contributed by atoms with Gasteiger partial charge in [0.1, 0.15) is 11.8 Å². The molecule has 2 heterocycles. The molecule has 0 atom stereocenters. The van der Waals surface area contributed by atoms with Crippen molar-refractivity contribution >= 4 is 28.6 Å². The Hall–Kier alpha value is -2.96. The van der Waals surface area contributed by atoms with Gasteiger partial charge in [0.15, 0.2) is 11.5 Å². The molecule has 24 heavy (non-hydrogen) atoms. The van der Waals surface area contributed by atoms with Gasteiger partial charge in [-0.25, -0.2) is 15.0 Å². The summed E-state index contributed by atoms with van der Waals surface area (Å²) in [4.78, 5) is 24.5. The number of nitrogens with zero attached hydrogens (tertiary/aromatic N) is 4. The molecule has 7 nitrogen and oxygen atoms in total. The van der Waals surface area contributed by atoms with Crippen LogP contribution in [0.5, 0.6) is 0 Å². The molecule has 0 aliphatic carbocycles. The first-order valence-electron chi connectivity index (χ1n) is 7.80. The fraction of sp³-hybridized carbons (Fsp3) is 0.294.